The van der Waals surface area contributed by atoms with E-state index < -0.39 is 10.0 Å². The molecule has 2 N–H and O–H groups in total. The van der Waals surface area contributed by atoms with Crippen LogP contribution in [0.15, 0.2) is 65.8 Å². The first-order valence-electron chi connectivity index (χ1n) is 10.2. The van der Waals surface area contributed by atoms with Crippen molar-refractivity contribution in [1.29, 1.82) is 0 Å². The maximum absolute atomic E-state index is 12.8. The summed E-state index contributed by atoms with van der Waals surface area (Å²) in [4.78, 5) is 19.7. The summed E-state index contributed by atoms with van der Waals surface area (Å²) in [6.45, 7) is 1.60. The highest BCUT2D eigenvalue weighted by Gasteiger charge is 2.27. The van der Waals surface area contributed by atoms with Crippen molar-refractivity contribution in [3.05, 3.63) is 77.9 Å². The van der Waals surface area contributed by atoms with Crippen molar-refractivity contribution in [1.82, 2.24) is 19.6 Å². The van der Waals surface area contributed by atoms with Crippen molar-refractivity contribution in [2.24, 2.45) is 0 Å². The van der Waals surface area contributed by atoms with E-state index in [1.165, 1.54) is 16.6 Å². The van der Waals surface area contributed by atoms with E-state index in [0.717, 1.165) is 22.8 Å². The molecule has 1 aliphatic heterocycles. The fraction of sp³-hybridized carbons (Fsp3) is 0.273. The Kier molecular flexibility index (Phi) is 7.13. The van der Waals surface area contributed by atoms with E-state index >= 15 is 0 Å². The zero-order valence-electron chi connectivity index (χ0n) is 17.4. The normalized spacial score (nSPS) is 14.8. The highest BCUT2D eigenvalue weighted by atomic mass is 32.2. The van der Waals surface area contributed by atoms with E-state index in [2.05, 4.69) is 15.3 Å². The zero-order valence-corrected chi connectivity index (χ0v) is 19.0. The summed E-state index contributed by atoms with van der Waals surface area (Å²) in [7, 11) is -3.59. The van der Waals surface area contributed by atoms with E-state index in [1.54, 1.807) is 18.0 Å². The maximum atomic E-state index is 12.8. The molecule has 3 heterocycles. The van der Waals surface area contributed by atoms with Crippen LogP contribution in [0.4, 0.5) is 0 Å². The van der Waals surface area contributed by atoms with Crippen LogP contribution in [0.3, 0.4) is 0 Å². The number of hydrogen-bond acceptors (Lipinski definition) is 6. The van der Waals surface area contributed by atoms with Crippen molar-refractivity contribution >= 4 is 27.7 Å². The molecule has 3 aromatic rings. The Hall–Kier alpha value is -2.82. The zero-order chi connectivity index (χ0) is 22.4. The Morgan fingerprint density at radius 1 is 1.16 bits per heavy atom. The minimum atomic E-state index is -3.59. The number of aromatic amines is 1. The van der Waals surface area contributed by atoms with Crippen molar-refractivity contribution in [2.45, 2.75) is 18.0 Å². The van der Waals surface area contributed by atoms with Crippen molar-refractivity contribution < 1.29 is 17.9 Å². The molecule has 0 aliphatic carbocycles. The van der Waals surface area contributed by atoms with Crippen LogP contribution in [0, 0.1) is 0 Å². The van der Waals surface area contributed by atoms with E-state index in [-0.39, 0.29) is 23.0 Å². The van der Waals surface area contributed by atoms with Gasteiger partial charge in [0.2, 0.25) is 10.0 Å². The Bertz CT molecular complexity index is 1160. The third kappa shape index (κ3) is 5.50. The van der Waals surface area contributed by atoms with E-state index in [4.69, 9.17) is 4.74 Å². The first kappa shape index (κ1) is 22.4. The largest absolute Gasteiger partial charge is 0.487 e. The number of rotatable bonds is 8. The molecule has 8 nitrogen and oxygen atoms in total. The Morgan fingerprint density at radius 2 is 2.00 bits per heavy atom. The number of ether oxygens (including phenoxy) is 1. The fourth-order valence-corrected chi connectivity index (χ4v) is 5.82. The number of aromatic nitrogens is 2. The van der Waals surface area contributed by atoms with Crippen LogP contribution < -0.4 is 10.1 Å². The number of amides is 1. The van der Waals surface area contributed by atoms with Gasteiger partial charge >= 0.3 is 0 Å². The average molecular weight is 473 g/mol. The smallest absolute Gasteiger partial charge is 0.268 e. The molecule has 0 atom stereocenters. The number of sulfonamides is 1. The van der Waals surface area contributed by atoms with Gasteiger partial charge in [0.1, 0.15) is 22.9 Å². The molecule has 1 fully saturated rings. The fourth-order valence-electron chi connectivity index (χ4n) is 3.25. The van der Waals surface area contributed by atoms with Crippen LogP contribution in [0.5, 0.6) is 5.75 Å². The van der Waals surface area contributed by atoms with Gasteiger partial charge in [-0.3, -0.25) is 9.78 Å². The number of pyridine rings is 1. The summed E-state index contributed by atoms with van der Waals surface area (Å²) in [5.74, 6) is 1.86. The molecule has 168 valence electrons. The molecule has 0 unspecified atom stereocenters. The van der Waals surface area contributed by atoms with Gasteiger partial charge in [-0.05, 0) is 35.9 Å². The average Bonchev–Trinajstić information content (AvgIpc) is 3.34. The highest BCUT2D eigenvalue weighted by Crippen LogP contribution is 2.21. The minimum absolute atomic E-state index is 0.111. The second-order valence-electron chi connectivity index (χ2n) is 7.21. The molecule has 4 rings (SSSR count). The lowest BCUT2D eigenvalue weighted by Crippen LogP contribution is -2.37. The molecule has 0 bridgehead atoms. The molecule has 0 spiro atoms. The van der Waals surface area contributed by atoms with Gasteiger partial charge in [0.05, 0.1) is 5.69 Å². The number of nitrogens with zero attached hydrogens (tertiary/aromatic N) is 2. The van der Waals surface area contributed by atoms with Gasteiger partial charge in [0, 0.05) is 43.5 Å². The number of nitrogens with one attached hydrogen (secondary N) is 2. The van der Waals surface area contributed by atoms with Crippen LogP contribution in [0.25, 0.3) is 0 Å². The molecule has 2 aromatic heterocycles. The lowest BCUT2D eigenvalue weighted by molar-refractivity contribution is 0.0946. The number of carbonyl (C=O) groups is 1. The molecule has 10 heteroatoms. The molecule has 1 saturated heterocycles. The monoisotopic (exact) mass is 472 g/mol. The molecule has 32 heavy (non-hydrogen) atoms. The highest BCUT2D eigenvalue weighted by molar-refractivity contribution is 7.99. The van der Waals surface area contributed by atoms with Gasteiger partial charge < -0.3 is 15.0 Å². The first-order valence-corrected chi connectivity index (χ1v) is 12.8. The topological polar surface area (TPSA) is 104 Å². The number of carbonyl (C=O) groups excluding carboxylic acids is 1. The summed E-state index contributed by atoms with van der Waals surface area (Å²) in [6, 6.07) is 14.5. The number of thioether (sulfide) groups is 1. The second-order valence-corrected chi connectivity index (χ2v) is 10.4. The van der Waals surface area contributed by atoms with Crippen LogP contribution in [0.2, 0.25) is 0 Å². The van der Waals surface area contributed by atoms with Crippen LogP contribution in [0.1, 0.15) is 21.7 Å². The van der Waals surface area contributed by atoms with Gasteiger partial charge in [-0.25, -0.2) is 8.42 Å². The third-order valence-corrected chi connectivity index (χ3v) is 7.79. The number of benzene rings is 1. The van der Waals surface area contributed by atoms with Gasteiger partial charge in [-0.2, -0.15) is 16.1 Å². The Morgan fingerprint density at radius 3 is 2.78 bits per heavy atom. The van der Waals surface area contributed by atoms with Crippen molar-refractivity contribution in [3.63, 3.8) is 0 Å². The number of hydrogen-bond donors (Lipinski definition) is 2. The summed E-state index contributed by atoms with van der Waals surface area (Å²) >= 11 is 1.74. The van der Waals surface area contributed by atoms with Gasteiger partial charge in [0.15, 0.2) is 0 Å². The standard InChI is InChI=1S/C22H24N4O4S2/c27-22(21-13-20(15-24-21)32(28,29)26-8-10-31-11-9-26)25-14-17-4-3-6-19(12-17)30-16-18-5-1-2-7-23-18/h1-7,12-13,15,24H,8-11,14,16H2,(H,25,27). The summed E-state index contributed by atoms with van der Waals surface area (Å²) in [6.07, 6.45) is 3.09. The maximum Gasteiger partial charge on any atom is 0.268 e. The van der Waals surface area contributed by atoms with Gasteiger partial charge in [0.25, 0.3) is 5.91 Å². The van der Waals surface area contributed by atoms with E-state index in [1.807, 2.05) is 42.5 Å². The predicted octanol–water partition coefficient (Wildman–Crippen LogP) is 2.66. The Labute approximate surface area is 191 Å². The first-order chi connectivity index (χ1) is 15.5. The van der Waals surface area contributed by atoms with Crippen molar-refractivity contribution in [2.75, 3.05) is 24.6 Å². The molecular weight excluding hydrogens is 448 g/mol. The van der Waals surface area contributed by atoms with Crippen LogP contribution in [-0.4, -0.2) is 53.2 Å². The van der Waals surface area contributed by atoms with Crippen LogP contribution >= 0.6 is 11.8 Å². The molecular formula is C22H24N4O4S2. The molecule has 1 aromatic carbocycles. The van der Waals surface area contributed by atoms with Gasteiger partial charge in [-0.15, -0.1) is 0 Å². The predicted molar refractivity (Wildman–Crippen MR) is 123 cm³/mol. The number of H-pyrrole nitrogens is 1. The third-order valence-electron chi connectivity index (χ3n) is 4.97. The second kappa shape index (κ2) is 10.2. The summed E-state index contributed by atoms with van der Waals surface area (Å²) in [5, 5.41) is 2.81. The van der Waals surface area contributed by atoms with Gasteiger partial charge in [-0.1, -0.05) is 18.2 Å². The molecule has 0 saturated carbocycles. The van der Waals surface area contributed by atoms with E-state index in [0.29, 0.717) is 25.4 Å². The van der Waals surface area contributed by atoms with Crippen LogP contribution in [-0.2, 0) is 23.2 Å². The molecule has 1 amide bonds. The summed E-state index contributed by atoms with van der Waals surface area (Å²) < 4.78 is 32.7. The summed E-state index contributed by atoms with van der Waals surface area (Å²) in [5.41, 5.74) is 1.90. The van der Waals surface area contributed by atoms with E-state index in [9.17, 15) is 13.2 Å². The molecule has 0 radical (unpaired) electrons. The lowest BCUT2D eigenvalue weighted by Gasteiger charge is -2.24. The lowest BCUT2D eigenvalue weighted by atomic mass is 10.2. The minimum Gasteiger partial charge on any atom is -0.487 e. The SMILES string of the molecule is O=C(NCc1cccc(OCc2ccccn2)c1)c1cc(S(=O)(=O)N2CCSCC2)c[nH]1. The quantitative estimate of drug-likeness (QED) is 0.522. The molecule has 1 aliphatic rings. The Balaban J connectivity index is 1.34. The van der Waals surface area contributed by atoms with Crippen molar-refractivity contribution in [3.8, 4) is 5.75 Å².